The van der Waals surface area contributed by atoms with Crippen LogP contribution in [0.1, 0.15) is 38.4 Å². The van der Waals surface area contributed by atoms with Crippen molar-refractivity contribution in [1.82, 2.24) is 19.8 Å². The first kappa shape index (κ1) is 12.7. The fraction of sp³-hybridized carbons (Fsp3) is 0.615. The molecular formula is C13H19N5S. The average Bonchev–Trinajstić information content (AvgIpc) is 3.16. The van der Waals surface area contributed by atoms with E-state index in [0.29, 0.717) is 5.92 Å². The Bertz CT molecular complexity index is 588. The zero-order valence-electron chi connectivity index (χ0n) is 11.6. The molecule has 5 nitrogen and oxygen atoms in total. The molecule has 1 N–H and O–H groups in total. The molecule has 19 heavy (non-hydrogen) atoms. The van der Waals surface area contributed by atoms with Gasteiger partial charge >= 0.3 is 0 Å². The summed E-state index contributed by atoms with van der Waals surface area (Å²) in [5.41, 5.74) is 0.830. The lowest BCUT2D eigenvalue weighted by molar-refractivity contribution is 0.742. The largest absolute Gasteiger partial charge is 0.367 e. The number of nitrogens with zero attached hydrogens (tertiary/aromatic N) is 4. The summed E-state index contributed by atoms with van der Waals surface area (Å²) in [7, 11) is 0. The van der Waals surface area contributed by atoms with Crippen LogP contribution in [0.4, 0.5) is 5.82 Å². The Balaban J connectivity index is 1.82. The van der Waals surface area contributed by atoms with Crippen molar-refractivity contribution in [2.45, 2.75) is 37.4 Å². The molecular weight excluding hydrogens is 258 g/mol. The van der Waals surface area contributed by atoms with Crippen LogP contribution in [0, 0.1) is 0 Å². The van der Waals surface area contributed by atoms with Gasteiger partial charge in [0.25, 0.3) is 0 Å². The van der Waals surface area contributed by atoms with Gasteiger partial charge in [-0.2, -0.15) is 16.3 Å². The van der Waals surface area contributed by atoms with Crippen molar-refractivity contribution < 1.29 is 0 Å². The Kier molecular flexibility index (Phi) is 3.12. The fourth-order valence-electron chi connectivity index (χ4n) is 1.87. The Morgan fingerprint density at radius 1 is 1.37 bits per heavy atom. The quantitative estimate of drug-likeness (QED) is 0.910. The average molecular weight is 277 g/mol. The molecule has 2 aromatic heterocycles. The molecule has 1 saturated carbocycles. The Morgan fingerprint density at radius 3 is 2.84 bits per heavy atom. The van der Waals surface area contributed by atoms with Crippen molar-refractivity contribution >= 4 is 23.2 Å². The standard InChI is InChI=1S/C13H19N5S/c1-13(2,19-3)8-14-10-6-7-11-15-16-12(9-4-5-9)18(11)17-10/h6-7,9H,4-5,8H2,1-3H3,(H,14,17). The maximum atomic E-state index is 4.61. The minimum Gasteiger partial charge on any atom is -0.367 e. The fourth-order valence-corrected chi connectivity index (χ4v) is 2.09. The lowest BCUT2D eigenvalue weighted by Gasteiger charge is -2.22. The molecule has 2 aromatic rings. The topological polar surface area (TPSA) is 55.1 Å². The van der Waals surface area contributed by atoms with Gasteiger partial charge in [-0.15, -0.1) is 15.3 Å². The van der Waals surface area contributed by atoms with E-state index in [1.165, 1.54) is 12.8 Å². The third kappa shape index (κ3) is 2.68. The van der Waals surface area contributed by atoms with E-state index in [0.717, 1.165) is 23.8 Å². The predicted octanol–water partition coefficient (Wildman–Crippen LogP) is 2.56. The maximum Gasteiger partial charge on any atom is 0.178 e. The lowest BCUT2D eigenvalue weighted by atomic mass is 10.2. The van der Waals surface area contributed by atoms with Crippen molar-refractivity contribution in [3.05, 3.63) is 18.0 Å². The molecule has 1 aliphatic rings. The summed E-state index contributed by atoms with van der Waals surface area (Å²) in [6, 6.07) is 3.94. The molecule has 3 rings (SSSR count). The Morgan fingerprint density at radius 2 is 2.16 bits per heavy atom. The number of hydrogen-bond donors (Lipinski definition) is 1. The summed E-state index contributed by atoms with van der Waals surface area (Å²) in [5, 5.41) is 16.4. The van der Waals surface area contributed by atoms with Gasteiger partial charge in [0, 0.05) is 17.2 Å². The van der Waals surface area contributed by atoms with Gasteiger partial charge in [0.2, 0.25) is 0 Å². The van der Waals surface area contributed by atoms with Crippen LogP contribution in [0.3, 0.4) is 0 Å². The first-order valence-electron chi connectivity index (χ1n) is 6.60. The molecule has 0 unspecified atom stereocenters. The van der Waals surface area contributed by atoms with Crippen LogP contribution in [-0.4, -0.2) is 37.4 Å². The Hall–Kier alpha value is -1.30. The van der Waals surface area contributed by atoms with Crippen molar-refractivity contribution in [2.24, 2.45) is 0 Å². The number of anilines is 1. The summed E-state index contributed by atoms with van der Waals surface area (Å²) >= 11 is 1.85. The number of fused-ring (bicyclic) bond motifs is 1. The van der Waals surface area contributed by atoms with Crippen LogP contribution < -0.4 is 5.32 Å². The highest BCUT2D eigenvalue weighted by Crippen LogP contribution is 2.38. The van der Waals surface area contributed by atoms with E-state index in [1.54, 1.807) is 0 Å². The van der Waals surface area contributed by atoms with Gasteiger partial charge in [-0.3, -0.25) is 0 Å². The molecule has 0 radical (unpaired) electrons. The van der Waals surface area contributed by atoms with Crippen LogP contribution in [0.2, 0.25) is 0 Å². The highest BCUT2D eigenvalue weighted by molar-refractivity contribution is 7.99. The van der Waals surface area contributed by atoms with Crippen molar-refractivity contribution in [3.8, 4) is 0 Å². The van der Waals surface area contributed by atoms with E-state index in [-0.39, 0.29) is 4.75 Å². The Labute approximate surface area is 117 Å². The molecule has 0 aliphatic heterocycles. The van der Waals surface area contributed by atoms with E-state index in [2.05, 4.69) is 40.7 Å². The number of aromatic nitrogens is 4. The molecule has 6 heteroatoms. The second-order valence-electron chi connectivity index (χ2n) is 5.64. The van der Waals surface area contributed by atoms with Gasteiger partial charge in [-0.25, -0.2) is 0 Å². The van der Waals surface area contributed by atoms with Crippen LogP contribution in [0.5, 0.6) is 0 Å². The van der Waals surface area contributed by atoms with E-state index >= 15 is 0 Å². The first-order valence-corrected chi connectivity index (χ1v) is 7.83. The van der Waals surface area contributed by atoms with E-state index in [9.17, 15) is 0 Å². The van der Waals surface area contributed by atoms with Gasteiger partial charge < -0.3 is 5.32 Å². The second kappa shape index (κ2) is 4.67. The zero-order chi connectivity index (χ0) is 13.5. The monoisotopic (exact) mass is 277 g/mol. The van der Waals surface area contributed by atoms with Gasteiger partial charge in [0.15, 0.2) is 11.5 Å². The van der Waals surface area contributed by atoms with Crippen LogP contribution in [0.25, 0.3) is 5.65 Å². The summed E-state index contributed by atoms with van der Waals surface area (Å²) in [6.45, 7) is 5.32. The molecule has 0 saturated heterocycles. The molecule has 102 valence electrons. The highest BCUT2D eigenvalue weighted by atomic mass is 32.2. The lowest BCUT2D eigenvalue weighted by Crippen LogP contribution is -2.26. The molecule has 0 bridgehead atoms. The van der Waals surface area contributed by atoms with Crippen molar-refractivity contribution in [3.63, 3.8) is 0 Å². The summed E-state index contributed by atoms with van der Waals surface area (Å²) < 4.78 is 2.08. The molecule has 0 atom stereocenters. The molecule has 0 amide bonds. The third-order valence-corrected chi connectivity index (χ3v) is 4.73. The third-order valence-electron chi connectivity index (χ3n) is 3.48. The minimum absolute atomic E-state index is 0.198. The van der Waals surface area contributed by atoms with Gasteiger partial charge in [0.05, 0.1) is 0 Å². The maximum absolute atomic E-state index is 4.61. The number of nitrogens with one attached hydrogen (secondary N) is 1. The van der Waals surface area contributed by atoms with Gasteiger partial charge in [0.1, 0.15) is 5.82 Å². The minimum atomic E-state index is 0.198. The van der Waals surface area contributed by atoms with Crippen molar-refractivity contribution in [2.75, 3.05) is 18.1 Å². The smallest absolute Gasteiger partial charge is 0.178 e. The van der Waals surface area contributed by atoms with Crippen LogP contribution >= 0.6 is 11.8 Å². The highest BCUT2D eigenvalue weighted by Gasteiger charge is 2.29. The summed E-state index contributed by atoms with van der Waals surface area (Å²) in [4.78, 5) is 0. The van der Waals surface area contributed by atoms with Crippen LogP contribution in [-0.2, 0) is 0 Å². The number of rotatable bonds is 5. The summed E-state index contributed by atoms with van der Waals surface area (Å²) in [6.07, 6.45) is 4.54. The van der Waals surface area contributed by atoms with Crippen LogP contribution in [0.15, 0.2) is 12.1 Å². The molecule has 0 spiro atoms. The molecule has 2 heterocycles. The number of hydrogen-bond acceptors (Lipinski definition) is 5. The normalized spacial score (nSPS) is 15.9. The van der Waals surface area contributed by atoms with Gasteiger partial charge in [-0.1, -0.05) is 0 Å². The van der Waals surface area contributed by atoms with Gasteiger partial charge in [-0.05, 0) is 45.1 Å². The van der Waals surface area contributed by atoms with E-state index in [1.807, 2.05) is 28.4 Å². The zero-order valence-corrected chi connectivity index (χ0v) is 12.4. The molecule has 0 aromatic carbocycles. The molecule has 1 fully saturated rings. The SMILES string of the molecule is CSC(C)(C)CNc1ccc2nnc(C3CC3)n2n1. The van der Waals surface area contributed by atoms with E-state index in [4.69, 9.17) is 0 Å². The van der Waals surface area contributed by atoms with E-state index < -0.39 is 0 Å². The second-order valence-corrected chi connectivity index (χ2v) is 7.15. The first-order chi connectivity index (χ1) is 9.09. The number of thioether (sulfide) groups is 1. The van der Waals surface area contributed by atoms with Crippen molar-refractivity contribution in [1.29, 1.82) is 0 Å². The predicted molar refractivity (Wildman–Crippen MR) is 78.8 cm³/mol. The molecule has 1 aliphatic carbocycles. The summed E-state index contributed by atoms with van der Waals surface area (Å²) in [5.74, 6) is 2.44.